The first-order chi connectivity index (χ1) is 10.1. The molecule has 0 aliphatic carbocycles. The van der Waals surface area contributed by atoms with Crippen molar-refractivity contribution in [2.75, 3.05) is 25.5 Å². The van der Waals surface area contributed by atoms with E-state index in [4.69, 9.17) is 0 Å². The van der Waals surface area contributed by atoms with Crippen molar-refractivity contribution in [3.8, 4) is 0 Å². The van der Waals surface area contributed by atoms with Crippen LogP contribution in [0, 0.1) is 11.6 Å². The molecule has 1 aromatic heterocycles. The Morgan fingerprint density at radius 3 is 2.76 bits per heavy atom. The van der Waals surface area contributed by atoms with Gasteiger partial charge in [0.2, 0.25) is 0 Å². The Labute approximate surface area is 120 Å². The summed E-state index contributed by atoms with van der Waals surface area (Å²) in [5.41, 5.74) is 0.292. The van der Waals surface area contributed by atoms with Crippen LogP contribution >= 0.6 is 0 Å². The lowest BCUT2D eigenvalue weighted by molar-refractivity contribution is 0.557. The predicted molar refractivity (Wildman–Crippen MR) is 76.4 cm³/mol. The van der Waals surface area contributed by atoms with E-state index in [-0.39, 0.29) is 17.7 Å². The van der Waals surface area contributed by atoms with Crippen molar-refractivity contribution in [1.29, 1.82) is 0 Å². The normalized spacial score (nSPS) is 10.6. The molecule has 5 nitrogen and oxygen atoms in total. The summed E-state index contributed by atoms with van der Waals surface area (Å²) < 4.78 is 27.7. The van der Waals surface area contributed by atoms with Crippen LogP contribution in [0.4, 0.5) is 14.5 Å². The fourth-order valence-electron chi connectivity index (χ4n) is 1.81. The Morgan fingerprint density at radius 2 is 2.05 bits per heavy atom. The van der Waals surface area contributed by atoms with Gasteiger partial charge in [-0.15, -0.1) is 0 Å². The van der Waals surface area contributed by atoms with Crippen LogP contribution in [0.25, 0.3) is 0 Å². The van der Waals surface area contributed by atoms with Gasteiger partial charge in [-0.3, -0.25) is 4.79 Å². The van der Waals surface area contributed by atoms with Gasteiger partial charge < -0.3 is 10.6 Å². The van der Waals surface area contributed by atoms with Crippen LogP contribution in [0.1, 0.15) is 5.56 Å². The zero-order valence-electron chi connectivity index (χ0n) is 11.6. The first-order valence-electron chi connectivity index (χ1n) is 6.49. The molecule has 0 spiro atoms. The Bertz CT molecular complexity index is 672. The molecule has 112 valence electrons. The van der Waals surface area contributed by atoms with Gasteiger partial charge in [0.15, 0.2) is 0 Å². The molecule has 21 heavy (non-hydrogen) atoms. The largest absolute Gasteiger partial charge is 0.382 e. The van der Waals surface area contributed by atoms with Gasteiger partial charge in [0.25, 0.3) is 5.56 Å². The Morgan fingerprint density at radius 1 is 1.24 bits per heavy atom. The first kappa shape index (κ1) is 15.1. The van der Waals surface area contributed by atoms with Crippen LogP contribution in [0.3, 0.4) is 0 Å². The summed E-state index contributed by atoms with van der Waals surface area (Å²) >= 11 is 0. The minimum Gasteiger partial charge on any atom is -0.382 e. The van der Waals surface area contributed by atoms with Crippen molar-refractivity contribution in [2.45, 2.75) is 6.54 Å². The van der Waals surface area contributed by atoms with Gasteiger partial charge in [-0.1, -0.05) is 0 Å². The minimum atomic E-state index is -0.568. The van der Waals surface area contributed by atoms with Crippen LogP contribution in [0.5, 0.6) is 0 Å². The summed E-state index contributed by atoms with van der Waals surface area (Å²) in [6, 6.07) is 4.50. The van der Waals surface area contributed by atoms with E-state index in [0.717, 1.165) is 29.4 Å². The van der Waals surface area contributed by atoms with E-state index >= 15 is 0 Å². The molecular weight excluding hydrogens is 278 g/mol. The number of likely N-dealkylation sites (N-methyl/N-ethyl adjacent to an activating group) is 1. The van der Waals surface area contributed by atoms with Crippen molar-refractivity contribution in [1.82, 2.24) is 15.1 Å². The molecule has 0 saturated heterocycles. The van der Waals surface area contributed by atoms with E-state index in [2.05, 4.69) is 15.7 Å². The van der Waals surface area contributed by atoms with E-state index in [0.29, 0.717) is 12.2 Å². The average molecular weight is 294 g/mol. The van der Waals surface area contributed by atoms with Crippen LogP contribution in [0.15, 0.2) is 35.3 Å². The highest BCUT2D eigenvalue weighted by molar-refractivity contribution is 5.38. The summed E-state index contributed by atoms with van der Waals surface area (Å²) in [5, 5.41) is 9.95. The molecule has 1 aromatic carbocycles. The van der Waals surface area contributed by atoms with Crippen molar-refractivity contribution in [2.24, 2.45) is 0 Å². The maximum atomic E-state index is 13.5. The van der Waals surface area contributed by atoms with Crippen molar-refractivity contribution in [3.05, 3.63) is 58.0 Å². The smallest absolute Gasteiger partial charge is 0.269 e. The summed E-state index contributed by atoms with van der Waals surface area (Å²) in [6.07, 6.45) is 1.48. The molecule has 2 aromatic rings. The molecule has 0 radical (unpaired) electrons. The van der Waals surface area contributed by atoms with E-state index in [1.165, 1.54) is 12.3 Å². The van der Waals surface area contributed by atoms with E-state index < -0.39 is 11.6 Å². The maximum absolute atomic E-state index is 13.5. The highest BCUT2D eigenvalue weighted by Crippen LogP contribution is 2.10. The molecule has 0 bridgehead atoms. The molecule has 0 saturated carbocycles. The Balaban J connectivity index is 2.14. The zero-order valence-corrected chi connectivity index (χ0v) is 11.6. The molecule has 0 fully saturated rings. The highest BCUT2D eigenvalue weighted by atomic mass is 19.1. The molecule has 2 rings (SSSR count). The third-order valence-electron chi connectivity index (χ3n) is 2.90. The van der Waals surface area contributed by atoms with Gasteiger partial charge in [0.05, 0.1) is 18.4 Å². The van der Waals surface area contributed by atoms with Crippen molar-refractivity contribution >= 4 is 5.69 Å². The second-order valence-corrected chi connectivity index (χ2v) is 4.51. The second kappa shape index (κ2) is 6.94. The standard InChI is InChI=1S/C14H16F2N4O/c1-17-4-5-18-12-7-14(21)20(19-8-12)9-10-6-11(15)2-3-13(10)16/h2-3,6-8,17-18H,4-5,9H2,1H3. The van der Waals surface area contributed by atoms with E-state index in [1.54, 1.807) is 0 Å². The first-order valence-corrected chi connectivity index (χ1v) is 6.49. The molecule has 2 N–H and O–H groups in total. The number of nitrogens with zero attached hydrogens (tertiary/aromatic N) is 2. The topological polar surface area (TPSA) is 59.0 Å². The second-order valence-electron chi connectivity index (χ2n) is 4.51. The summed E-state index contributed by atoms with van der Waals surface area (Å²) in [7, 11) is 1.82. The van der Waals surface area contributed by atoms with Crippen molar-refractivity contribution < 1.29 is 8.78 Å². The number of halogens is 2. The fourth-order valence-corrected chi connectivity index (χ4v) is 1.81. The monoisotopic (exact) mass is 294 g/mol. The molecule has 0 aliphatic rings. The average Bonchev–Trinajstić information content (AvgIpc) is 2.46. The summed E-state index contributed by atoms with van der Waals surface area (Å²) in [4.78, 5) is 11.9. The third-order valence-corrected chi connectivity index (χ3v) is 2.90. The number of rotatable bonds is 6. The number of anilines is 1. The lowest BCUT2D eigenvalue weighted by Gasteiger charge is -2.08. The zero-order chi connectivity index (χ0) is 15.2. The maximum Gasteiger partial charge on any atom is 0.269 e. The molecule has 0 aliphatic heterocycles. The van der Waals surface area contributed by atoms with Crippen LogP contribution in [-0.2, 0) is 6.54 Å². The Hall–Kier alpha value is -2.28. The van der Waals surface area contributed by atoms with Crippen molar-refractivity contribution in [3.63, 3.8) is 0 Å². The molecule has 1 heterocycles. The van der Waals surface area contributed by atoms with E-state index in [1.807, 2.05) is 7.05 Å². The van der Waals surface area contributed by atoms with Crippen LogP contribution in [0.2, 0.25) is 0 Å². The quantitative estimate of drug-likeness (QED) is 0.786. The number of benzene rings is 1. The van der Waals surface area contributed by atoms with Gasteiger partial charge in [-0.2, -0.15) is 5.10 Å². The summed E-state index contributed by atoms with van der Waals surface area (Å²) in [5.74, 6) is -1.12. The molecular formula is C14H16F2N4O. The SMILES string of the molecule is CNCCNc1cnn(Cc2cc(F)ccc2F)c(=O)c1. The minimum absolute atomic E-state index is 0.0838. The lowest BCUT2D eigenvalue weighted by atomic mass is 10.2. The number of hydrogen-bond acceptors (Lipinski definition) is 4. The number of hydrogen-bond donors (Lipinski definition) is 2. The van der Waals surface area contributed by atoms with Crippen LogP contribution < -0.4 is 16.2 Å². The van der Waals surface area contributed by atoms with Gasteiger partial charge >= 0.3 is 0 Å². The Kier molecular flexibility index (Phi) is 4.99. The number of aromatic nitrogens is 2. The molecule has 0 atom stereocenters. The van der Waals surface area contributed by atoms with Gasteiger partial charge in [0, 0.05) is 24.7 Å². The molecule has 7 heteroatoms. The lowest BCUT2D eigenvalue weighted by Crippen LogP contribution is -2.24. The number of nitrogens with one attached hydrogen (secondary N) is 2. The van der Waals surface area contributed by atoms with Crippen LogP contribution in [-0.4, -0.2) is 29.9 Å². The van der Waals surface area contributed by atoms with Gasteiger partial charge in [0.1, 0.15) is 11.6 Å². The highest BCUT2D eigenvalue weighted by Gasteiger charge is 2.07. The molecule has 0 amide bonds. The van der Waals surface area contributed by atoms with Gasteiger partial charge in [-0.25, -0.2) is 13.5 Å². The third kappa shape index (κ3) is 4.09. The van der Waals surface area contributed by atoms with E-state index in [9.17, 15) is 13.6 Å². The predicted octanol–water partition coefficient (Wildman–Crippen LogP) is 1.20. The molecule has 0 unspecified atom stereocenters. The van der Waals surface area contributed by atoms with Gasteiger partial charge in [-0.05, 0) is 25.2 Å². The summed E-state index contributed by atoms with van der Waals surface area (Å²) in [6.45, 7) is 1.29. The fraction of sp³-hybridized carbons (Fsp3) is 0.286.